The van der Waals surface area contributed by atoms with Crippen molar-refractivity contribution in [2.24, 2.45) is 0 Å². The van der Waals surface area contributed by atoms with Gasteiger partial charge in [-0.15, -0.1) is 0 Å². The molecule has 2 aromatic carbocycles. The van der Waals surface area contributed by atoms with Crippen LogP contribution in [0.1, 0.15) is 6.92 Å². The number of nitrogens with one attached hydrogen (secondary N) is 1. The van der Waals surface area contributed by atoms with E-state index in [4.69, 9.17) is 18.9 Å². The van der Waals surface area contributed by atoms with Crippen LogP contribution >= 0.6 is 0 Å². The fourth-order valence-electron chi connectivity index (χ4n) is 4.01. The largest absolute Gasteiger partial charge is 0.496 e. The highest BCUT2D eigenvalue weighted by molar-refractivity contribution is 5.97. The molecule has 0 radical (unpaired) electrons. The fraction of sp³-hybridized carbons (Fsp3) is 0.321. The third kappa shape index (κ3) is 5.75. The number of hydrogen-bond acceptors (Lipinski definition) is 6. The molecule has 0 saturated carbocycles. The summed E-state index contributed by atoms with van der Waals surface area (Å²) in [5.41, 5.74) is 4.90. The number of para-hydroxylation sites is 1. The number of aromatic amines is 1. The van der Waals surface area contributed by atoms with Crippen LogP contribution in [0.5, 0.6) is 17.2 Å². The third-order valence-electron chi connectivity index (χ3n) is 5.98. The average molecular weight is 476 g/mol. The van der Waals surface area contributed by atoms with Gasteiger partial charge < -0.3 is 28.8 Å². The van der Waals surface area contributed by atoms with Crippen molar-refractivity contribution in [2.75, 3.05) is 54.2 Å². The van der Waals surface area contributed by atoms with E-state index in [-0.39, 0.29) is 0 Å². The topological polar surface area (TPSA) is 68.8 Å². The Hall–Kier alpha value is -3.55. The normalized spacial score (nSPS) is 11.2. The SMILES string of the molecule is CCOCCN(C)CCOc1ccc(-c2cnc3[nH]cc(-c4ccccc4OC)c3c2)cc1OC. The lowest BCUT2D eigenvalue weighted by atomic mass is 10.0. The molecule has 1 N–H and O–H groups in total. The van der Waals surface area contributed by atoms with E-state index in [1.165, 1.54) is 0 Å². The van der Waals surface area contributed by atoms with Crippen LogP contribution in [0.25, 0.3) is 33.3 Å². The summed E-state index contributed by atoms with van der Waals surface area (Å²) in [5, 5.41) is 1.03. The highest BCUT2D eigenvalue weighted by atomic mass is 16.5. The number of benzene rings is 2. The first-order valence-electron chi connectivity index (χ1n) is 11.8. The summed E-state index contributed by atoms with van der Waals surface area (Å²) < 4.78 is 22.6. The lowest BCUT2D eigenvalue weighted by Crippen LogP contribution is -2.27. The van der Waals surface area contributed by atoms with E-state index in [9.17, 15) is 0 Å². The zero-order chi connectivity index (χ0) is 24.6. The molecule has 2 aromatic heterocycles. The smallest absolute Gasteiger partial charge is 0.161 e. The molecule has 4 rings (SSSR count). The number of nitrogens with zero attached hydrogens (tertiary/aromatic N) is 2. The Balaban J connectivity index is 1.54. The van der Waals surface area contributed by atoms with E-state index < -0.39 is 0 Å². The first-order valence-corrected chi connectivity index (χ1v) is 11.8. The number of aromatic nitrogens is 2. The quantitative estimate of drug-likeness (QED) is 0.282. The molecule has 184 valence electrons. The molecule has 7 heteroatoms. The summed E-state index contributed by atoms with van der Waals surface area (Å²) in [6.45, 7) is 5.71. The minimum Gasteiger partial charge on any atom is -0.496 e. The van der Waals surface area contributed by atoms with E-state index >= 15 is 0 Å². The number of rotatable bonds is 12. The number of H-pyrrole nitrogens is 1. The lowest BCUT2D eigenvalue weighted by molar-refractivity contribution is 0.116. The van der Waals surface area contributed by atoms with Gasteiger partial charge >= 0.3 is 0 Å². The van der Waals surface area contributed by atoms with Gasteiger partial charge in [0.2, 0.25) is 0 Å². The zero-order valence-corrected chi connectivity index (χ0v) is 20.8. The second-order valence-electron chi connectivity index (χ2n) is 8.24. The molecule has 0 aliphatic heterocycles. The Kier molecular flexibility index (Phi) is 8.23. The van der Waals surface area contributed by atoms with Crippen LogP contribution in [-0.2, 0) is 4.74 Å². The summed E-state index contributed by atoms with van der Waals surface area (Å²) >= 11 is 0. The molecule has 7 nitrogen and oxygen atoms in total. The molecule has 0 aliphatic carbocycles. The van der Waals surface area contributed by atoms with Gasteiger partial charge in [0.1, 0.15) is 18.0 Å². The van der Waals surface area contributed by atoms with Gasteiger partial charge in [0.25, 0.3) is 0 Å². The van der Waals surface area contributed by atoms with Crippen molar-refractivity contribution in [3.8, 4) is 39.5 Å². The number of ether oxygens (including phenoxy) is 4. The number of pyridine rings is 1. The summed E-state index contributed by atoms with van der Waals surface area (Å²) in [5.74, 6) is 2.24. The van der Waals surface area contributed by atoms with Crippen LogP contribution in [0.4, 0.5) is 0 Å². The maximum atomic E-state index is 6.01. The predicted octanol–water partition coefficient (Wildman–Crippen LogP) is 5.26. The molecule has 0 saturated heterocycles. The van der Waals surface area contributed by atoms with Crippen molar-refractivity contribution in [2.45, 2.75) is 6.92 Å². The molecule has 0 unspecified atom stereocenters. The minimum atomic E-state index is 0.567. The summed E-state index contributed by atoms with van der Waals surface area (Å²) in [6, 6.07) is 16.1. The number of methoxy groups -OCH3 is 2. The van der Waals surface area contributed by atoms with Gasteiger partial charge in [0.05, 0.1) is 20.8 Å². The molecule has 0 aliphatic rings. The second-order valence-corrected chi connectivity index (χ2v) is 8.24. The van der Waals surface area contributed by atoms with Gasteiger partial charge in [-0.2, -0.15) is 0 Å². The van der Waals surface area contributed by atoms with E-state index in [0.717, 1.165) is 71.1 Å². The first-order chi connectivity index (χ1) is 17.1. The van der Waals surface area contributed by atoms with E-state index in [1.54, 1.807) is 14.2 Å². The first kappa shape index (κ1) is 24.6. The van der Waals surface area contributed by atoms with Gasteiger partial charge in [-0.1, -0.05) is 24.3 Å². The molecule has 0 spiro atoms. The molecular formula is C28H33N3O4. The van der Waals surface area contributed by atoms with Gasteiger partial charge in [0, 0.05) is 54.2 Å². The highest BCUT2D eigenvalue weighted by Crippen LogP contribution is 2.37. The Morgan fingerprint density at radius 1 is 0.857 bits per heavy atom. The monoisotopic (exact) mass is 475 g/mol. The number of hydrogen-bond donors (Lipinski definition) is 1. The lowest BCUT2D eigenvalue weighted by Gasteiger charge is -2.18. The average Bonchev–Trinajstić information content (AvgIpc) is 3.32. The molecule has 2 heterocycles. The Labute approximate surface area is 206 Å². The van der Waals surface area contributed by atoms with E-state index in [0.29, 0.717) is 12.4 Å². The Morgan fingerprint density at radius 3 is 2.46 bits per heavy atom. The zero-order valence-electron chi connectivity index (χ0n) is 20.8. The van der Waals surface area contributed by atoms with Crippen LogP contribution in [0.2, 0.25) is 0 Å². The number of likely N-dealkylation sites (N-methyl/N-ethyl adjacent to an activating group) is 1. The van der Waals surface area contributed by atoms with Crippen molar-refractivity contribution in [3.63, 3.8) is 0 Å². The van der Waals surface area contributed by atoms with Crippen LogP contribution in [0.15, 0.2) is 60.9 Å². The minimum absolute atomic E-state index is 0.567. The summed E-state index contributed by atoms with van der Waals surface area (Å²) in [6.07, 6.45) is 3.84. The van der Waals surface area contributed by atoms with Crippen LogP contribution in [0, 0.1) is 0 Å². The van der Waals surface area contributed by atoms with Gasteiger partial charge in [-0.3, -0.25) is 0 Å². The van der Waals surface area contributed by atoms with Crippen LogP contribution < -0.4 is 14.2 Å². The van der Waals surface area contributed by atoms with Gasteiger partial charge in [0.15, 0.2) is 11.5 Å². The van der Waals surface area contributed by atoms with Crippen molar-refractivity contribution < 1.29 is 18.9 Å². The molecule has 0 bridgehead atoms. The maximum absolute atomic E-state index is 6.01. The second kappa shape index (κ2) is 11.7. The molecule has 4 aromatic rings. The van der Waals surface area contributed by atoms with E-state index in [2.05, 4.69) is 34.0 Å². The number of fused-ring (bicyclic) bond motifs is 1. The molecule has 0 amide bonds. The molecule has 0 atom stereocenters. The summed E-state index contributed by atoms with van der Waals surface area (Å²) in [7, 11) is 5.41. The molecule has 35 heavy (non-hydrogen) atoms. The van der Waals surface area contributed by atoms with Gasteiger partial charge in [-0.05, 0) is 43.8 Å². The Bertz CT molecular complexity index is 1250. The third-order valence-corrected chi connectivity index (χ3v) is 5.98. The Morgan fingerprint density at radius 2 is 1.66 bits per heavy atom. The highest BCUT2D eigenvalue weighted by Gasteiger charge is 2.14. The van der Waals surface area contributed by atoms with Crippen molar-refractivity contribution >= 4 is 11.0 Å². The van der Waals surface area contributed by atoms with Gasteiger partial charge in [-0.25, -0.2) is 4.98 Å². The predicted molar refractivity (Wildman–Crippen MR) is 140 cm³/mol. The standard InChI is InChI=1S/C28H33N3O4/c1-5-34-14-12-31(2)13-15-35-26-11-10-20(17-27(26)33-4)21-16-23-24(19-30-28(23)29-18-21)22-8-6-7-9-25(22)32-3/h6-11,16-19H,5,12-15H2,1-4H3,(H,29,30). The van der Waals surface area contributed by atoms with Crippen LogP contribution in [-0.4, -0.2) is 69.0 Å². The molecular weight excluding hydrogens is 442 g/mol. The van der Waals surface area contributed by atoms with Crippen molar-refractivity contribution in [1.82, 2.24) is 14.9 Å². The molecule has 0 fully saturated rings. The maximum Gasteiger partial charge on any atom is 0.161 e. The van der Waals surface area contributed by atoms with Crippen LogP contribution in [0.3, 0.4) is 0 Å². The van der Waals surface area contributed by atoms with Crippen molar-refractivity contribution in [1.29, 1.82) is 0 Å². The van der Waals surface area contributed by atoms with Crippen molar-refractivity contribution in [3.05, 3.63) is 60.9 Å². The van der Waals surface area contributed by atoms with E-state index in [1.807, 2.05) is 55.7 Å². The fourth-order valence-corrected chi connectivity index (χ4v) is 4.01. The summed E-state index contributed by atoms with van der Waals surface area (Å²) in [4.78, 5) is 10.1.